The third kappa shape index (κ3) is 10.7. The van der Waals surface area contributed by atoms with E-state index in [-0.39, 0.29) is 50.2 Å². The largest absolute Gasteiger partial charge is 0.444 e. The van der Waals surface area contributed by atoms with Crippen molar-refractivity contribution in [1.29, 1.82) is 0 Å². The molecule has 52 heavy (non-hydrogen) atoms. The van der Waals surface area contributed by atoms with Crippen LogP contribution in [0.3, 0.4) is 0 Å². The number of carbonyl (C=O) groups excluding carboxylic acids is 5. The maximum atomic E-state index is 12.5. The van der Waals surface area contributed by atoms with Crippen LogP contribution in [0, 0.1) is 0 Å². The summed E-state index contributed by atoms with van der Waals surface area (Å²) in [5, 5.41) is 16.0. The normalized spacial score (nSPS) is 20.8. The van der Waals surface area contributed by atoms with E-state index in [4.69, 9.17) is 6.11 Å². The second kappa shape index (κ2) is 18.4. The number of nitrogens with zero attached hydrogens (tertiary/aromatic N) is 7. The number of carbonyl (C=O) groups is 5. The second-order valence-corrected chi connectivity index (χ2v) is 13.1. The van der Waals surface area contributed by atoms with E-state index < -0.39 is 35.1 Å². The quantitative estimate of drug-likeness (QED) is 0.368. The molecule has 3 N–H and O–H groups in total. The SMILES string of the molecule is C.CC(C)(C)OC(=O)N1CCN(c2cnn(C3CCC(=O)NC3=O)c(=O)c2)CC1.O=C1CCC(n2ncc(N3CCNCC3)cc2=O)C(=O)N1.[2H]CC. The lowest BCUT2D eigenvalue weighted by Crippen LogP contribution is -2.50. The van der Waals surface area contributed by atoms with Crippen molar-refractivity contribution in [2.24, 2.45) is 0 Å². The molecule has 2 atom stereocenters. The van der Waals surface area contributed by atoms with Gasteiger partial charge in [-0.3, -0.25) is 39.4 Å². The minimum absolute atomic E-state index is 0. The standard InChI is InChI=1S/C18H25N5O5.C13H17N5O3.C2H6.CH4/c1-18(2,3)28-17(27)22-8-6-21(7-9-22)12-10-15(25)23(19-11-12)13-4-5-14(24)20-16(13)26;19-11-2-1-10(13(21)16-11)18-12(20)7-9(8-15-18)17-5-3-14-4-6-17;1-2;/h10-11,13H,4-9H2,1-3H3,(H,20,24,26);7-8,10,14H,1-6H2,(H,16,19,21);1-2H3;1H4/i;;1D;. The van der Waals surface area contributed by atoms with E-state index in [0.29, 0.717) is 45.2 Å². The molecule has 4 aliphatic rings. The molecule has 4 aliphatic heterocycles. The first kappa shape index (κ1) is 39.7. The summed E-state index contributed by atoms with van der Waals surface area (Å²) in [6.45, 7) is 13.2. The fourth-order valence-electron chi connectivity index (χ4n) is 5.86. The van der Waals surface area contributed by atoms with Crippen LogP contribution in [0.4, 0.5) is 16.2 Å². The number of ether oxygens (including phenoxy) is 1. The van der Waals surface area contributed by atoms with E-state index in [0.717, 1.165) is 41.2 Å². The maximum Gasteiger partial charge on any atom is 0.410 e. The predicted molar refractivity (Wildman–Crippen MR) is 193 cm³/mol. The number of piperazine rings is 2. The summed E-state index contributed by atoms with van der Waals surface area (Å²) in [6.07, 6.45) is 3.77. The van der Waals surface area contributed by atoms with Gasteiger partial charge >= 0.3 is 6.09 Å². The van der Waals surface area contributed by atoms with Crippen LogP contribution < -0.4 is 36.9 Å². The van der Waals surface area contributed by atoms with Crippen LogP contribution in [0.5, 0.6) is 0 Å². The van der Waals surface area contributed by atoms with Gasteiger partial charge in [0.15, 0.2) is 0 Å². The first-order valence-corrected chi connectivity index (χ1v) is 17.0. The zero-order chi connectivity index (χ0) is 38.0. The van der Waals surface area contributed by atoms with Gasteiger partial charge in [-0.15, -0.1) is 0 Å². The van der Waals surface area contributed by atoms with Gasteiger partial charge in [-0.2, -0.15) is 10.2 Å². The Kier molecular flexibility index (Phi) is 14.0. The van der Waals surface area contributed by atoms with Gasteiger partial charge < -0.3 is 24.8 Å². The van der Waals surface area contributed by atoms with Crippen LogP contribution in [-0.2, 0) is 23.9 Å². The third-order valence-corrected chi connectivity index (χ3v) is 8.41. The molecule has 5 amide bonds. The van der Waals surface area contributed by atoms with Gasteiger partial charge in [-0.1, -0.05) is 21.3 Å². The Morgan fingerprint density at radius 3 is 1.58 bits per heavy atom. The maximum absolute atomic E-state index is 12.5. The number of anilines is 2. The van der Waals surface area contributed by atoms with Crippen molar-refractivity contribution in [2.75, 3.05) is 62.2 Å². The van der Waals surface area contributed by atoms with Crippen LogP contribution in [0.25, 0.3) is 0 Å². The molecule has 0 aromatic carbocycles. The second-order valence-electron chi connectivity index (χ2n) is 13.1. The Labute approximate surface area is 304 Å². The van der Waals surface area contributed by atoms with E-state index in [1.807, 2.05) is 25.7 Å². The zero-order valence-electron chi connectivity index (χ0n) is 30.6. The lowest BCUT2D eigenvalue weighted by atomic mass is 10.1. The number of imide groups is 2. The van der Waals surface area contributed by atoms with Crippen molar-refractivity contribution in [2.45, 2.75) is 85.4 Å². The minimum atomic E-state index is -0.775. The highest BCUT2D eigenvalue weighted by atomic mass is 16.6. The molecule has 286 valence electrons. The Morgan fingerprint density at radius 2 is 1.19 bits per heavy atom. The summed E-state index contributed by atoms with van der Waals surface area (Å²) >= 11 is 0. The van der Waals surface area contributed by atoms with Gasteiger partial charge in [0.2, 0.25) is 11.8 Å². The Morgan fingerprint density at radius 1 is 0.769 bits per heavy atom. The molecule has 6 heterocycles. The summed E-state index contributed by atoms with van der Waals surface area (Å²) in [5.74, 6) is -1.61. The van der Waals surface area contributed by atoms with Crippen molar-refractivity contribution in [3.8, 4) is 0 Å². The summed E-state index contributed by atoms with van der Waals surface area (Å²) in [4.78, 5) is 88.6. The van der Waals surface area contributed by atoms with Gasteiger partial charge in [0, 0.05) is 78.7 Å². The molecular weight excluding hydrogens is 676 g/mol. The molecule has 2 aromatic rings. The molecule has 4 saturated heterocycles. The number of nitrogens with one attached hydrogen (secondary N) is 3. The molecule has 4 fully saturated rings. The van der Waals surface area contributed by atoms with E-state index >= 15 is 0 Å². The van der Waals surface area contributed by atoms with Crippen molar-refractivity contribution < 1.29 is 30.1 Å². The molecule has 18 heteroatoms. The van der Waals surface area contributed by atoms with Crippen LogP contribution >= 0.6 is 0 Å². The van der Waals surface area contributed by atoms with Crippen LogP contribution in [0.1, 0.15) is 81.2 Å². The number of amides is 5. The van der Waals surface area contributed by atoms with Gasteiger partial charge in [0.1, 0.15) is 17.7 Å². The summed E-state index contributed by atoms with van der Waals surface area (Å²) < 4.78 is 13.9. The molecule has 2 unspecified atom stereocenters. The van der Waals surface area contributed by atoms with E-state index in [9.17, 15) is 33.6 Å². The van der Waals surface area contributed by atoms with Crippen molar-refractivity contribution >= 4 is 41.1 Å². The lowest BCUT2D eigenvalue weighted by molar-refractivity contribution is -0.137. The molecule has 0 radical (unpaired) electrons. The average Bonchev–Trinajstić information content (AvgIpc) is 3.09. The molecule has 2 aromatic heterocycles. The zero-order valence-corrected chi connectivity index (χ0v) is 29.6. The molecule has 18 nitrogen and oxygen atoms in total. The topological polar surface area (TPSA) is 210 Å². The third-order valence-electron chi connectivity index (χ3n) is 8.41. The monoisotopic (exact) mass is 729 g/mol. The van der Waals surface area contributed by atoms with Crippen molar-refractivity contribution in [3.63, 3.8) is 0 Å². The Hall–Kier alpha value is -5.13. The van der Waals surface area contributed by atoms with Crippen LogP contribution in [0.2, 0.25) is 0 Å². The smallest absolute Gasteiger partial charge is 0.410 e. The van der Waals surface area contributed by atoms with Crippen LogP contribution in [0.15, 0.2) is 34.1 Å². The van der Waals surface area contributed by atoms with Gasteiger partial charge in [0.05, 0.1) is 23.8 Å². The summed E-state index contributed by atoms with van der Waals surface area (Å²) in [6, 6.07) is 1.46. The van der Waals surface area contributed by atoms with Gasteiger partial charge in [-0.05, 0) is 33.6 Å². The number of aromatic nitrogens is 4. The molecular formula is C34H52N10O8. The van der Waals surface area contributed by atoms with Crippen molar-refractivity contribution in [1.82, 2.24) is 40.4 Å². The first-order chi connectivity index (χ1) is 24.7. The Bertz CT molecular complexity index is 1730. The number of hydrogen-bond donors (Lipinski definition) is 3. The van der Waals surface area contributed by atoms with Gasteiger partial charge in [-0.25, -0.2) is 14.2 Å². The van der Waals surface area contributed by atoms with Crippen molar-refractivity contribution in [3.05, 3.63) is 45.2 Å². The molecule has 0 aliphatic carbocycles. The van der Waals surface area contributed by atoms with Crippen LogP contribution in [-0.4, -0.2) is 112 Å². The van der Waals surface area contributed by atoms with E-state index in [1.165, 1.54) is 18.3 Å². The number of hydrogen-bond acceptors (Lipinski definition) is 13. The van der Waals surface area contributed by atoms with Gasteiger partial charge in [0.25, 0.3) is 22.9 Å². The molecule has 0 bridgehead atoms. The highest BCUT2D eigenvalue weighted by Crippen LogP contribution is 2.20. The summed E-state index contributed by atoms with van der Waals surface area (Å²) in [5.41, 5.74) is 0.142. The lowest BCUT2D eigenvalue weighted by Gasteiger charge is -2.36. The summed E-state index contributed by atoms with van der Waals surface area (Å²) in [7, 11) is 0. The molecule has 0 saturated carbocycles. The predicted octanol–water partition coefficient (Wildman–Crippen LogP) is 0.571. The Balaban J connectivity index is 0.000000269. The minimum Gasteiger partial charge on any atom is -0.444 e. The van der Waals surface area contributed by atoms with E-state index in [1.54, 1.807) is 18.0 Å². The first-order valence-electron chi connectivity index (χ1n) is 17.7. The molecule has 6 rings (SSSR count). The molecule has 0 spiro atoms. The average molecular weight is 730 g/mol. The fourth-order valence-corrected chi connectivity index (χ4v) is 5.86. The highest BCUT2D eigenvalue weighted by Gasteiger charge is 2.31. The number of rotatable bonds is 4. The fraction of sp³-hybridized carbons (Fsp3) is 0.618. The van der Waals surface area contributed by atoms with E-state index in [2.05, 4.69) is 31.0 Å². The number of piperidine rings is 2. The highest BCUT2D eigenvalue weighted by molar-refractivity contribution is 6.00.